The van der Waals surface area contributed by atoms with Crippen LogP contribution in [0.5, 0.6) is 0 Å². The molecule has 1 aromatic rings. The summed E-state index contributed by atoms with van der Waals surface area (Å²) in [4.78, 5) is 16.4. The first-order valence-electron chi connectivity index (χ1n) is 5.92. The first kappa shape index (κ1) is 13.6. The fourth-order valence-electron chi connectivity index (χ4n) is 2.19. The van der Waals surface area contributed by atoms with E-state index in [0.29, 0.717) is 13.0 Å². The van der Waals surface area contributed by atoms with Crippen molar-refractivity contribution < 1.29 is 23.1 Å². The molecule has 19 heavy (non-hydrogen) atoms. The molecule has 1 aromatic heterocycles. The third-order valence-electron chi connectivity index (χ3n) is 3.16. The van der Waals surface area contributed by atoms with Crippen LogP contribution in [0.2, 0.25) is 0 Å². The van der Waals surface area contributed by atoms with E-state index in [4.69, 9.17) is 5.11 Å². The van der Waals surface area contributed by atoms with Gasteiger partial charge in [-0.05, 0) is 31.4 Å². The summed E-state index contributed by atoms with van der Waals surface area (Å²) in [7, 11) is 0. The van der Waals surface area contributed by atoms with Gasteiger partial charge < -0.3 is 10.0 Å². The lowest BCUT2D eigenvalue weighted by atomic mass is 10.0. The van der Waals surface area contributed by atoms with Crippen LogP contribution in [0.1, 0.15) is 24.8 Å². The van der Waals surface area contributed by atoms with Gasteiger partial charge in [-0.2, -0.15) is 13.2 Å². The topological polar surface area (TPSA) is 53.4 Å². The highest BCUT2D eigenvalue weighted by Crippen LogP contribution is 2.30. The molecule has 104 valence electrons. The van der Waals surface area contributed by atoms with Gasteiger partial charge in [0.05, 0.1) is 5.56 Å². The van der Waals surface area contributed by atoms with Gasteiger partial charge in [-0.25, -0.2) is 9.78 Å². The van der Waals surface area contributed by atoms with E-state index in [1.165, 1.54) is 6.07 Å². The Labute approximate surface area is 107 Å². The van der Waals surface area contributed by atoms with Crippen molar-refractivity contribution >= 4 is 11.8 Å². The van der Waals surface area contributed by atoms with Crippen molar-refractivity contribution in [3.63, 3.8) is 0 Å². The maximum Gasteiger partial charge on any atom is 0.417 e. The summed E-state index contributed by atoms with van der Waals surface area (Å²) in [5.41, 5.74) is -0.833. The van der Waals surface area contributed by atoms with Crippen molar-refractivity contribution in [2.45, 2.75) is 31.5 Å². The van der Waals surface area contributed by atoms with Gasteiger partial charge in [0.1, 0.15) is 11.9 Å². The highest BCUT2D eigenvalue weighted by Gasteiger charge is 2.32. The summed E-state index contributed by atoms with van der Waals surface area (Å²) in [6.45, 7) is 0.495. The van der Waals surface area contributed by atoms with Crippen LogP contribution in [0.25, 0.3) is 0 Å². The van der Waals surface area contributed by atoms with Crippen LogP contribution < -0.4 is 4.90 Å². The third-order valence-corrected chi connectivity index (χ3v) is 3.16. The third kappa shape index (κ3) is 2.97. The zero-order valence-electron chi connectivity index (χ0n) is 10.0. The second kappa shape index (κ2) is 5.07. The van der Waals surface area contributed by atoms with Gasteiger partial charge in [0.2, 0.25) is 0 Å². The number of aromatic nitrogens is 1. The summed E-state index contributed by atoms with van der Waals surface area (Å²) < 4.78 is 37.3. The number of alkyl halides is 3. The number of rotatable bonds is 2. The Hall–Kier alpha value is -1.79. The minimum absolute atomic E-state index is 0.278. The van der Waals surface area contributed by atoms with Gasteiger partial charge in [-0.15, -0.1) is 0 Å². The lowest BCUT2D eigenvalue weighted by Crippen LogP contribution is -2.45. The highest BCUT2D eigenvalue weighted by atomic mass is 19.4. The van der Waals surface area contributed by atoms with E-state index in [-0.39, 0.29) is 5.82 Å². The van der Waals surface area contributed by atoms with Crippen molar-refractivity contribution in [1.29, 1.82) is 0 Å². The molecular weight excluding hydrogens is 261 g/mol. The predicted molar refractivity (Wildman–Crippen MR) is 61.9 cm³/mol. The first-order chi connectivity index (χ1) is 8.89. The van der Waals surface area contributed by atoms with Crippen molar-refractivity contribution in [3.8, 4) is 0 Å². The van der Waals surface area contributed by atoms with Crippen molar-refractivity contribution in [3.05, 3.63) is 23.9 Å². The average Bonchev–Trinajstić information content (AvgIpc) is 2.38. The number of carboxylic acids is 1. The van der Waals surface area contributed by atoms with Crippen LogP contribution >= 0.6 is 0 Å². The lowest BCUT2D eigenvalue weighted by Gasteiger charge is -2.33. The van der Waals surface area contributed by atoms with Crippen molar-refractivity contribution in [2.75, 3.05) is 11.4 Å². The number of hydrogen-bond donors (Lipinski definition) is 1. The highest BCUT2D eigenvalue weighted by molar-refractivity contribution is 5.77. The van der Waals surface area contributed by atoms with Gasteiger partial charge in [-0.1, -0.05) is 0 Å². The largest absolute Gasteiger partial charge is 0.480 e. The van der Waals surface area contributed by atoms with Gasteiger partial charge in [0.15, 0.2) is 0 Å². The minimum Gasteiger partial charge on any atom is -0.480 e. The molecule has 1 aliphatic rings. The molecular formula is C12H13F3N2O2. The number of pyridine rings is 1. The Morgan fingerprint density at radius 2 is 2.11 bits per heavy atom. The molecule has 1 N–H and O–H groups in total. The quantitative estimate of drug-likeness (QED) is 0.900. The van der Waals surface area contributed by atoms with Gasteiger partial charge in [0.25, 0.3) is 0 Å². The van der Waals surface area contributed by atoms with E-state index in [2.05, 4.69) is 4.98 Å². The van der Waals surface area contributed by atoms with Crippen LogP contribution in [-0.2, 0) is 11.0 Å². The lowest BCUT2D eigenvalue weighted by molar-refractivity contribution is -0.139. The van der Waals surface area contributed by atoms with E-state index in [1.54, 1.807) is 4.90 Å². The van der Waals surface area contributed by atoms with E-state index in [0.717, 1.165) is 25.1 Å². The number of halogens is 3. The molecule has 1 saturated heterocycles. The van der Waals surface area contributed by atoms with Gasteiger partial charge in [0, 0.05) is 12.7 Å². The Kier molecular flexibility index (Phi) is 3.64. The number of anilines is 1. The Morgan fingerprint density at radius 1 is 1.37 bits per heavy atom. The zero-order chi connectivity index (χ0) is 14.0. The van der Waals surface area contributed by atoms with E-state index in [1.807, 2.05) is 0 Å². The molecule has 1 aliphatic heterocycles. The molecule has 0 aromatic carbocycles. The van der Waals surface area contributed by atoms with Crippen LogP contribution in [0, 0.1) is 0 Å². The second-order valence-electron chi connectivity index (χ2n) is 4.45. The molecule has 2 heterocycles. The summed E-state index contributed by atoms with van der Waals surface area (Å²) in [6, 6.07) is 1.44. The molecule has 7 heteroatoms. The fraction of sp³-hybridized carbons (Fsp3) is 0.500. The molecule has 0 aliphatic carbocycles. The molecule has 0 saturated carbocycles. The molecule has 4 nitrogen and oxygen atoms in total. The SMILES string of the molecule is O=C(O)[C@@H]1CCCCN1c1ccc(C(F)(F)F)cn1. The van der Waals surface area contributed by atoms with Crippen LogP contribution in [0.4, 0.5) is 19.0 Å². The summed E-state index contributed by atoms with van der Waals surface area (Å²) >= 11 is 0. The van der Waals surface area contributed by atoms with Crippen LogP contribution in [-0.4, -0.2) is 28.6 Å². The van der Waals surface area contributed by atoms with Gasteiger partial charge in [-0.3, -0.25) is 0 Å². The number of aliphatic carboxylic acids is 1. The summed E-state index contributed by atoms with van der Waals surface area (Å²) in [5.74, 6) is -0.693. The molecule has 1 atom stereocenters. The monoisotopic (exact) mass is 274 g/mol. The van der Waals surface area contributed by atoms with Crippen LogP contribution in [0.3, 0.4) is 0 Å². The molecule has 0 radical (unpaired) electrons. The predicted octanol–water partition coefficient (Wildman–Crippen LogP) is 2.54. The molecule has 0 spiro atoms. The number of nitrogens with zero attached hydrogens (tertiary/aromatic N) is 2. The minimum atomic E-state index is -4.43. The Morgan fingerprint density at radius 3 is 2.63 bits per heavy atom. The van der Waals surface area contributed by atoms with E-state index >= 15 is 0 Å². The fourth-order valence-corrected chi connectivity index (χ4v) is 2.19. The normalized spacial score (nSPS) is 20.4. The first-order valence-corrected chi connectivity index (χ1v) is 5.92. The second-order valence-corrected chi connectivity index (χ2v) is 4.45. The van der Waals surface area contributed by atoms with Gasteiger partial charge >= 0.3 is 12.1 Å². The number of piperidine rings is 1. The van der Waals surface area contributed by atoms with Crippen molar-refractivity contribution in [1.82, 2.24) is 4.98 Å². The van der Waals surface area contributed by atoms with E-state index < -0.39 is 23.8 Å². The number of carboxylic acid groups (broad SMARTS) is 1. The van der Waals surface area contributed by atoms with E-state index in [9.17, 15) is 18.0 Å². The molecule has 0 bridgehead atoms. The van der Waals surface area contributed by atoms with Crippen molar-refractivity contribution in [2.24, 2.45) is 0 Å². The standard InChI is InChI=1S/C12H13F3N2O2/c13-12(14,15)8-4-5-10(16-7-8)17-6-2-1-3-9(17)11(18)19/h4-5,7,9H,1-3,6H2,(H,18,19)/t9-/m0/s1. The maximum atomic E-state index is 12.4. The molecule has 1 fully saturated rings. The molecule has 0 amide bonds. The number of carbonyl (C=O) groups is 1. The molecule has 2 rings (SSSR count). The summed E-state index contributed by atoms with van der Waals surface area (Å²) in [5, 5.41) is 9.10. The number of hydrogen-bond acceptors (Lipinski definition) is 3. The average molecular weight is 274 g/mol. The molecule has 0 unspecified atom stereocenters. The maximum absolute atomic E-state index is 12.4. The Balaban J connectivity index is 2.23. The zero-order valence-corrected chi connectivity index (χ0v) is 10.0. The Bertz CT molecular complexity index is 459. The summed E-state index contributed by atoms with van der Waals surface area (Å²) in [6.07, 6.45) is -1.60. The van der Waals surface area contributed by atoms with Crippen LogP contribution in [0.15, 0.2) is 18.3 Å². The smallest absolute Gasteiger partial charge is 0.417 e.